The van der Waals surface area contributed by atoms with Crippen LogP contribution in [0, 0.1) is 0 Å². The van der Waals surface area contributed by atoms with Gasteiger partial charge in [0, 0.05) is 16.4 Å². The molecule has 0 aliphatic rings. The lowest BCUT2D eigenvalue weighted by molar-refractivity contribution is -0.141. The number of rotatable bonds is 5. The first-order chi connectivity index (χ1) is 10.8. The van der Waals surface area contributed by atoms with Crippen molar-refractivity contribution in [1.82, 2.24) is 4.72 Å². The Morgan fingerprint density at radius 1 is 1.33 bits per heavy atom. The zero-order valence-electron chi connectivity index (χ0n) is 13.7. The number of alkyl halides is 3. The number of ether oxygens (including phenoxy) is 1. The Balaban J connectivity index is 3.23. The van der Waals surface area contributed by atoms with E-state index in [2.05, 4.69) is 9.46 Å². The van der Waals surface area contributed by atoms with Crippen molar-refractivity contribution in [2.75, 3.05) is 7.11 Å². The smallest absolute Gasteiger partial charge is 0.416 e. The van der Waals surface area contributed by atoms with Crippen molar-refractivity contribution in [2.45, 2.75) is 44.2 Å². The van der Waals surface area contributed by atoms with E-state index in [-0.39, 0.29) is 17.0 Å². The van der Waals surface area contributed by atoms with Gasteiger partial charge in [0.2, 0.25) is 0 Å². The maximum Gasteiger partial charge on any atom is 0.416 e. The van der Waals surface area contributed by atoms with Crippen LogP contribution < -0.4 is 4.72 Å². The maximum atomic E-state index is 13.0. The fourth-order valence-corrected chi connectivity index (χ4v) is 2.84. The van der Waals surface area contributed by atoms with E-state index in [1.807, 2.05) is 0 Å². The Labute approximate surface area is 147 Å². The zero-order chi connectivity index (χ0) is 18.7. The average Bonchev–Trinajstić information content (AvgIpc) is 2.43. The largest absolute Gasteiger partial charge is 0.598 e. The highest BCUT2D eigenvalue weighted by molar-refractivity contribution is 7.90. The van der Waals surface area contributed by atoms with E-state index in [9.17, 15) is 22.5 Å². The third-order valence-electron chi connectivity index (χ3n) is 3.05. The van der Waals surface area contributed by atoms with Crippen LogP contribution in [-0.4, -0.2) is 22.4 Å². The molecular weight excluding hydrogens is 367 g/mol. The van der Waals surface area contributed by atoms with E-state index in [4.69, 9.17) is 11.6 Å². The summed E-state index contributed by atoms with van der Waals surface area (Å²) in [5.41, 5.74) is -0.832. The number of benzene rings is 1. The van der Waals surface area contributed by atoms with Crippen LogP contribution in [0.3, 0.4) is 0 Å². The molecule has 0 heterocycles. The van der Waals surface area contributed by atoms with Crippen molar-refractivity contribution in [2.24, 2.45) is 0 Å². The molecule has 0 aromatic heterocycles. The van der Waals surface area contributed by atoms with E-state index in [0.717, 1.165) is 12.1 Å². The van der Waals surface area contributed by atoms with Crippen molar-refractivity contribution < 1.29 is 27.3 Å². The molecule has 9 heteroatoms. The number of hydrogen-bond donors (Lipinski definition) is 1. The molecule has 1 N–H and O–H groups in total. The maximum absolute atomic E-state index is 13.0. The fraction of sp³-hybridized carbons (Fsp3) is 0.533. The lowest BCUT2D eigenvalue weighted by Crippen LogP contribution is -2.42. The van der Waals surface area contributed by atoms with Crippen LogP contribution in [0.5, 0.6) is 0 Å². The van der Waals surface area contributed by atoms with E-state index < -0.39 is 39.9 Å². The molecule has 0 radical (unpaired) electrons. The van der Waals surface area contributed by atoms with E-state index >= 15 is 0 Å². The molecule has 4 nitrogen and oxygen atoms in total. The summed E-state index contributed by atoms with van der Waals surface area (Å²) >= 11 is 4.17. The molecule has 2 atom stereocenters. The van der Waals surface area contributed by atoms with Crippen LogP contribution in [0.1, 0.15) is 44.4 Å². The summed E-state index contributed by atoms with van der Waals surface area (Å²) in [6.45, 7) is 5.10. The second-order valence-electron chi connectivity index (χ2n) is 6.10. The topological polar surface area (TPSA) is 61.4 Å². The first-order valence-electron chi connectivity index (χ1n) is 6.97. The number of hydrogen-bond acceptors (Lipinski definition) is 4. The number of nitrogens with one attached hydrogen (secondary N) is 1. The van der Waals surface area contributed by atoms with Gasteiger partial charge in [-0.1, -0.05) is 11.6 Å². The molecule has 0 spiro atoms. The molecule has 0 bridgehead atoms. The van der Waals surface area contributed by atoms with Gasteiger partial charge in [-0.15, -0.1) is 4.72 Å². The summed E-state index contributed by atoms with van der Waals surface area (Å²) in [5.74, 6) is -0.646. The van der Waals surface area contributed by atoms with E-state index in [1.54, 1.807) is 20.8 Å². The third-order valence-corrected chi connectivity index (χ3v) is 4.88. The van der Waals surface area contributed by atoms with Crippen molar-refractivity contribution in [3.8, 4) is 0 Å². The number of carbonyl (C=O) groups excluding carboxylic acids is 1. The lowest BCUT2D eigenvalue weighted by Gasteiger charge is -2.28. The summed E-state index contributed by atoms with van der Waals surface area (Å²) in [6.07, 6.45) is -4.87. The third kappa shape index (κ3) is 6.16. The van der Waals surface area contributed by atoms with Crippen LogP contribution in [0.4, 0.5) is 13.2 Å². The molecule has 1 unspecified atom stereocenters. The molecule has 1 rings (SSSR count). The summed E-state index contributed by atoms with van der Waals surface area (Å²) in [5, 5.41) is -0.127. The highest BCUT2D eigenvalue weighted by Gasteiger charge is 2.34. The number of esters is 1. The SMILES string of the molecule is COC(=O)C[C@H](N[S+]([O-])C(C)(C)C)c1cc(Cl)cc(C(F)(F)F)c1. The van der Waals surface area contributed by atoms with Gasteiger partial charge in [-0.05, 0) is 44.5 Å². The molecule has 0 amide bonds. The Morgan fingerprint density at radius 2 is 1.92 bits per heavy atom. The molecule has 0 fully saturated rings. The highest BCUT2D eigenvalue weighted by atomic mass is 35.5. The molecule has 24 heavy (non-hydrogen) atoms. The standard InChI is InChI=1S/C15H19ClF3NO3S/c1-14(2,3)24(22)20-12(8-13(21)23-4)9-5-10(15(17,18)19)7-11(16)6-9/h5-7,12,20H,8H2,1-4H3/t12-,24?/m0/s1. The van der Waals surface area contributed by atoms with Gasteiger partial charge in [-0.3, -0.25) is 4.79 Å². The van der Waals surface area contributed by atoms with Crippen molar-refractivity contribution >= 4 is 28.9 Å². The van der Waals surface area contributed by atoms with Crippen molar-refractivity contribution in [1.29, 1.82) is 0 Å². The molecule has 0 saturated heterocycles. The highest BCUT2D eigenvalue weighted by Crippen LogP contribution is 2.34. The minimum atomic E-state index is -4.58. The van der Waals surface area contributed by atoms with Crippen molar-refractivity contribution in [3.05, 3.63) is 34.3 Å². The second kappa shape index (κ2) is 7.95. The quantitative estimate of drug-likeness (QED) is 0.614. The summed E-state index contributed by atoms with van der Waals surface area (Å²) < 4.78 is 57.7. The number of halogens is 4. The first kappa shape index (κ1) is 21.1. The van der Waals surface area contributed by atoms with Crippen molar-refractivity contribution in [3.63, 3.8) is 0 Å². The molecular formula is C15H19ClF3NO3S. The summed E-state index contributed by atoms with van der Waals surface area (Å²) in [7, 11) is 1.17. The summed E-state index contributed by atoms with van der Waals surface area (Å²) in [6, 6.07) is 2.04. The second-order valence-corrected chi connectivity index (χ2v) is 8.54. The van der Waals surface area contributed by atoms with Crippen LogP contribution in [0.15, 0.2) is 18.2 Å². The van der Waals surface area contributed by atoms with Crippen LogP contribution in [-0.2, 0) is 27.1 Å². The minimum Gasteiger partial charge on any atom is -0.598 e. The van der Waals surface area contributed by atoms with Crippen LogP contribution in [0.25, 0.3) is 0 Å². The van der Waals surface area contributed by atoms with Gasteiger partial charge >= 0.3 is 12.1 Å². The van der Waals surface area contributed by atoms with E-state index in [1.165, 1.54) is 13.2 Å². The Bertz CT molecular complexity index is 590. The number of methoxy groups -OCH3 is 1. The Hall–Kier alpha value is -0.960. The van der Waals surface area contributed by atoms with E-state index in [0.29, 0.717) is 0 Å². The summed E-state index contributed by atoms with van der Waals surface area (Å²) in [4.78, 5) is 11.6. The zero-order valence-corrected chi connectivity index (χ0v) is 15.2. The normalized spacial score (nSPS) is 15.0. The van der Waals surface area contributed by atoms with Gasteiger partial charge in [-0.2, -0.15) is 13.2 Å². The Morgan fingerprint density at radius 3 is 2.38 bits per heavy atom. The molecule has 1 aromatic carbocycles. The Kier molecular flexibility index (Phi) is 6.98. The van der Waals surface area contributed by atoms with Gasteiger partial charge in [0.1, 0.15) is 4.75 Å². The molecule has 1 aromatic rings. The fourth-order valence-electron chi connectivity index (χ4n) is 1.76. The lowest BCUT2D eigenvalue weighted by atomic mass is 10.0. The predicted octanol–water partition coefficient (Wildman–Crippen LogP) is 4.01. The average molecular weight is 386 g/mol. The van der Waals surface area contributed by atoms with Crippen LogP contribution >= 0.6 is 11.6 Å². The molecule has 0 aliphatic heterocycles. The van der Waals surface area contributed by atoms with Gasteiger partial charge in [0.05, 0.1) is 25.1 Å². The minimum absolute atomic E-state index is 0.109. The van der Waals surface area contributed by atoms with Gasteiger partial charge in [0.25, 0.3) is 0 Å². The van der Waals surface area contributed by atoms with Gasteiger partial charge in [-0.25, -0.2) is 0 Å². The van der Waals surface area contributed by atoms with Gasteiger partial charge < -0.3 is 9.29 Å². The molecule has 0 saturated carbocycles. The van der Waals surface area contributed by atoms with Crippen LogP contribution in [0.2, 0.25) is 5.02 Å². The predicted molar refractivity (Wildman–Crippen MR) is 86.9 cm³/mol. The number of carbonyl (C=O) groups is 1. The van der Waals surface area contributed by atoms with Gasteiger partial charge in [0.15, 0.2) is 0 Å². The molecule has 136 valence electrons. The first-order valence-corrected chi connectivity index (χ1v) is 8.50. The molecule has 0 aliphatic carbocycles. The monoisotopic (exact) mass is 385 g/mol.